The van der Waals surface area contributed by atoms with E-state index in [1.807, 2.05) is 0 Å². The van der Waals surface area contributed by atoms with Crippen molar-refractivity contribution in [2.24, 2.45) is 11.8 Å². The third kappa shape index (κ3) is 2.43. The van der Waals surface area contributed by atoms with Gasteiger partial charge in [0.05, 0.1) is 0 Å². The van der Waals surface area contributed by atoms with Gasteiger partial charge in [0.2, 0.25) is 0 Å². The molecule has 1 heterocycles. The predicted octanol–water partition coefficient (Wildman–Crippen LogP) is 2.25. The molecule has 0 spiro atoms. The molecule has 1 aliphatic heterocycles. The van der Waals surface area contributed by atoms with Crippen molar-refractivity contribution in [3.8, 4) is 0 Å². The van der Waals surface area contributed by atoms with Gasteiger partial charge in [0.25, 0.3) is 0 Å². The van der Waals surface area contributed by atoms with E-state index in [4.69, 9.17) is 0 Å². The Kier molecular flexibility index (Phi) is 3.49. The monoisotopic (exact) mass is 222 g/mol. The lowest BCUT2D eigenvalue weighted by Crippen LogP contribution is -2.41. The maximum absolute atomic E-state index is 3.82. The topological polar surface area (TPSA) is 15.3 Å². The first-order valence-electron chi connectivity index (χ1n) is 7.37. The molecule has 0 radical (unpaired) electrons. The minimum absolute atomic E-state index is 0.878. The zero-order chi connectivity index (χ0) is 10.8. The van der Waals surface area contributed by atoms with Gasteiger partial charge in [-0.25, -0.2) is 0 Å². The molecule has 16 heavy (non-hydrogen) atoms. The molecule has 3 aliphatic rings. The van der Waals surface area contributed by atoms with Crippen molar-refractivity contribution in [1.82, 2.24) is 10.2 Å². The van der Waals surface area contributed by atoms with E-state index in [1.54, 1.807) is 0 Å². The first kappa shape index (κ1) is 11.0. The molecule has 2 bridgehead atoms. The Labute approximate surface area is 99.8 Å². The number of nitrogens with zero attached hydrogens (tertiary/aromatic N) is 1. The van der Waals surface area contributed by atoms with Crippen LogP contribution < -0.4 is 5.32 Å². The van der Waals surface area contributed by atoms with Crippen LogP contribution in [-0.2, 0) is 0 Å². The summed E-state index contributed by atoms with van der Waals surface area (Å²) in [6, 6.07) is 0.878. The van der Waals surface area contributed by atoms with Crippen LogP contribution in [0.15, 0.2) is 0 Å². The number of rotatable bonds is 4. The van der Waals surface area contributed by atoms with Gasteiger partial charge in [-0.3, -0.25) is 0 Å². The Morgan fingerprint density at radius 2 is 1.88 bits per heavy atom. The first-order chi connectivity index (χ1) is 7.92. The Balaban J connectivity index is 1.34. The largest absolute Gasteiger partial charge is 0.312 e. The molecule has 3 rings (SSSR count). The molecule has 2 nitrogen and oxygen atoms in total. The maximum atomic E-state index is 3.82. The molecule has 0 aromatic carbocycles. The van der Waals surface area contributed by atoms with Crippen LogP contribution in [-0.4, -0.2) is 37.1 Å². The lowest BCUT2D eigenvalue weighted by atomic mass is 9.95. The first-order valence-corrected chi connectivity index (χ1v) is 7.37. The van der Waals surface area contributed by atoms with Crippen LogP contribution in [0.25, 0.3) is 0 Å². The van der Waals surface area contributed by atoms with E-state index in [-0.39, 0.29) is 0 Å². The van der Waals surface area contributed by atoms with Crippen LogP contribution in [0.5, 0.6) is 0 Å². The second-order valence-electron chi connectivity index (χ2n) is 6.14. The molecule has 3 atom stereocenters. The molecule has 92 valence electrons. The molecule has 2 aliphatic carbocycles. The Morgan fingerprint density at radius 1 is 1.00 bits per heavy atom. The van der Waals surface area contributed by atoms with Crippen molar-refractivity contribution in [3.63, 3.8) is 0 Å². The Morgan fingerprint density at radius 3 is 2.56 bits per heavy atom. The lowest BCUT2D eigenvalue weighted by Gasteiger charge is -2.28. The van der Waals surface area contributed by atoms with Crippen LogP contribution in [0.1, 0.15) is 44.9 Å². The lowest BCUT2D eigenvalue weighted by molar-refractivity contribution is 0.221. The molecule has 0 aromatic rings. The minimum Gasteiger partial charge on any atom is -0.312 e. The fraction of sp³-hybridized carbons (Fsp3) is 1.00. The highest BCUT2D eigenvalue weighted by molar-refractivity contribution is 4.94. The van der Waals surface area contributed by atoms with Crippen molar-refractivity contribution in [1.29, 1.82) is 0 Å². The zero-order valence-electron chi connectivity index (χ0n) is 10.5. The maximum Gasteiger partial charge on any atom is 0.0107 e. The average Bonchev–Trinajstić information content (AvgIpc) is 2.92. The highest BCUT2D eigenvalue weighted by atomic mass is 15.1. The predicted molar refractivity (Wildman–Crippen MR) is 67.5 cm³/mol. The summed E-state index contributed by atoms with van der Waals surface area (Å²) < 4.78 is 0. The van der Waals surface area contributed by atoms with Crippen molar-refractivity contribution in [2.75, 3.05) is 26.2 Å². The summed E-state index contributed by atoms with van der Waals surface area (Å²) in [7, 11) is 0. The van der Waals surface area contributed by atoms with Gasteiger partial charge in [-0.05, 0) is 57.0 Å². The van der Waals surface area contributed by atoms with Crippen molar-refractivity contribution < 1.29 is 0 Å². The van der Waals surface area contributed by atoms with Gasteiger partial charge in [0.15, 0.2) is 0 Å². The number of hydrogen-bond acceptors (Lipinski definition) is 2. The van der Waals surface area contributed by atoms with Gasteiger partial charge in [-0.15, -0.1) is 0 Å². The summed E-state index contributed by atoms with van der Waals surface area (Å²) in [5, 5.41) is 3.82. The summed E-state index contributed by atoms with van der Waals surface area (Å²) in [5.74, 6) is 2.11. The molecule has 2 heteroatoms. The fourth-order valence-electron chi connectivity index (χ4n) is 4.09. The molecule has 0 aromatic heterocycles. The van der Waals surface area contributed by atoms with Crippen LogP contribution in [0, 0.1) is 11.8 Å². The van der Waals surface area contributed by atoms with Crippen molar-refractivity contribution in [2.45, 2.75) is 51.0 Å². The zero-order valence-corrected chi connectivity index (χ0v) is 10.5. The van der Waals surface area contributed by atoms with Crippen LogP contribution in [0.3, 0.4) is 0 Å². The average molecular weight is 222 g/mol. The fourth-order valence-corrected chi connectivity index (χ4v) is 4.09. The standard InChI is InChI=1S/C14H26N2/c1-2-7-16(8-3-1)9-6-15-14-11-12-4-5-13(14)10-12/h12-15H,1-11H2/t12-,13+,14+/m0/s1. The van der Waals surface area contributed by atoms with E-state index in [0.717, 1.165) is 17.9 Å². The third-order valence-electron chi connectivity index (χ3n) is 5.02. The molecule has 0 unspecified atom stereocenters. The highest BCUT2D eigenvalue weighted by Crippen LogP contribution is 2.44. The quantitative estimate of drug-likeness (QED) is 0.785. The number of piperidine rings is 1. The van der Waals surface area contributed by atoms with E-state index in [1.165, 1.54) is 71.1 Å². The summed E-state index contributed by atoms with van der Waals surface area (Å²) in [5.41, 5.74) is 0. The molecule has 1 N–H and O–H groups in total. The Hall–Kier alpha value is -0.0800. The van der Waals surface area contributed by atoms with E-state index in [0.29, 0.717) is 0 Å². The minimum atomic E-state index is 0.878. The second kappa shape index (κ2) is 5.05. The van der Waals surface area contributed by atoms with Gasteiger partial charge in [0.1, 0.15) is 0 Å². The normalized spacial score (nSPS) is 39.4. The van der Waals surface area contributed by atoms with Crippen LogP contribution in [0.2, 0.25) is 0 Å². The smallest absolute Gasteiger partial charge is 0.0107 e. The van der Waals surface area contributed by atoms with Gasteiger partial charge >= 0.3 is 0 Å². The van der Waals surface area contributed by atoms with Crippen LogP contribution in [0.4, 0.5) is 0 Å². The number of likely N-dealkylation sites (tertiary alicyclic amines) is 1. The molecule has 1 saturated heterocycles. The van der Waals surface area contributed by atoms with Gasteiger partial charge in [-0.1, -0.05) is 12.8 Å². The van der Waals surface area contributed by atoms with E-state index in [2.05, 4.69) is 10.2 Å². The molecule has 3 fully saturated rings. The van der Waals surface area contributed by atoms with Gasteiger partial charge in [-0.2, -0.15) is 0 Å². The Bertz CT molecular complexity index is 223. The third-order valence-corrected chi connectivity index (χ3v) is 5.02. The summed E-state index contributed by atoms with van der Waals surface area (Å²) in [6.07, 6.45) is 10.3. The number of hydrogen-bond donors (Lipinski definition) is 1. The van der Waals surface area contributed by atoms with Crippen LogP contribution >= 0.6 is 0 Å². The summed E-state index contributed by atoms with van der Waals surface area (Å²) in [6.45, 7) is 5.21. The summed E-state index contributed by atoms with van der Waals surface area (Å²) in [4.78, 5) is 2.64. The van der Waals surface area contributed by atoms with E-state index < -0.39 is 0 Å². The summed E-state index contributed by atoms with van der Waals surface area (Å²) >= 11 is 0. The number of fused-ring (bicyclic) bond motifs is 2. The van der Waals surface area contributed by atoms with Crippen molar-refractivity contribution >= 4 is 0 Å². The molecule has 0 amide bonds. The van der Waals surface area contributed by atoms with Crippen molar-refractivity contribution in [3.05, 3.63) is 0 Å². The molecule has 2 saturated carbocycles. The second-order valence-corrected chi connectivity index (χ2v) is 6.14. The van der Waals surface area contributed by atoms with E-state index in [9.17, 15) is 0 Å². The molecular formula is C14H26N2. The SMILES string of the molecule is C1CCN(CCN[C@@H]2C[C@H]3CC[C@@H]2C3)CC1. The van der Waals surface area contributed by atoms with Gasteiger partial charge in [0, 0.05) is 19.1 Å². The van der Waals surface area contributed by atoms with E-state index >= 15 is 0 Å². The highest BCUT2D eigenvalue weighted by Gasteiger charge is 2.38. The number of nitrogens with one attached hydrogen (secondary N) is 1. The van der Waals surface area contributed by atoms with Gasteiger partial charge < -0.3 is 10.2 Å². The molecular weight excluding hydrogens is 196 g/mol.